The second-order valence-corrected chi connectivity index (χ2v) is 12.1. The second kappa shape index (κ2) is 9.91. The molecule has 0 bridgehead atoms. The maximum Gasteiger partial charge on any atom is 0.153 e. The van der Waals surface area contributed by atoms with Crippen molar-refractivity contribution in [3.8, 4) is 0 Å². The Kier molecular flexibility index (Phi) is 7.48. The molecule has 0 atom stereocenters. The highest BCUT2D eigenvalue weighted by Crippen LogP contribution is 2.23. The first-order valence-corrected chi connectivity index (χ1v) is 13.7. The van der Waals surface area contributed by atoms with Gasteiger partial charge in [-0.05, 0) is 61.4 Å². The molecule has 7 nitrogen and oxygen atoms in total. The first kappa shape index (κ1) is 23.4. The topological polar surface area (TPSA) is 110 Å². The van der Waals surface area contributed by atoms with E-state index in [4.69, 9.17) is 11.5 Å². The van der Waals surface area contributed by atoms with Crippen LogP contribution in [0.1, 0.15) is 11.1 Å². The number of nitrogens with two attached hydrogens (primary N) is 2. The van der Waals surface area contributed by atoms with Crippen LogP contribution < -0.4 is 21.3 Å². The van der Waals surface area contributed by atoms with Crippen LogP contribution in [0.3, 0.4) is 0 Å². The molecule has 2 aliphatic rings. The van der Waals surface area contributed by atoms with Gasteiger partial charge in [0.15, 0.2) is 9.84 Å². The van der Waals surface area contributed by atoms with E-state index in [-0.39, 0.29) is 11.5 Å². The quantitative estimate of drug-likeness (QED) is 0.654. The van der Waals surface area contributed by atoms with Gasteiger partial charge in [-0.2, -0.15) is 0 Å². The summed E-state index contributed by atoms with van der Waals surface area (Å²) in [5.41, 5.74) is 17.5. The van der Waals surface area contributed by atoms with Crippen LogP contribution in [0.5, 0.6) is 0 Å². The lowest BCUT2D eigenvalue weighted by Gasteiger charge is -2.29. The molecule has 0 aromatic heterocycles. The Balaban J connectivity index is 0.000000176. The van der Waals surface area contributed by atoms with Gasteiger partial charge in [-0.15, -0.1) is 0 Å². The Labute approximate surface area is 187 Å². The normalized spacial score (nSPS) is 18.9. The van der Waals surface area contributed by atoms with Crippen LogP contribution in [0.25, 0.3) is 0 Å². The molecule has 0 saturated carbocycles. The summed E-state index contributed by atoms with van der Waals surface area (Å²) in [6.45, 7) is 6.89. The van der Waals surface area contributed by atoms with Gasteiger partial charge in [-0.1, -0.05) is 0 Å². The van der Waals surface area contributed by atoms with E-state index in [9.17, 15) is 12.6 Å². The van der Waals surface area contributed by atoms with E-state index in [0.29, 0.717) is 13.1 Å². The van der Waals surface area contributed by atoms with Gasteiger partial charge >= 0.3 is 0 Å². The summed E-state index contributed by atoms with van der Waals surface area (Å²) < 4.78 is 33.8. The highest BCUT2D eigenvalue weighted by molar-refractivity contribution is 7.91. The van der Waals surface area contributed by atoms with Crippen LogP contribution in [0, 0.1) is 13.8 Å². The SMILES string of the molecule is Cc1cc(N2CCS(=O)(=O)CC2)ccc1N.Cc1cc(N2CCS(=O)CC2)ccc1N. The molecule has 0 amide bonds. The third-order valence-electron chi connectivity index (χ3n) is 5.76. The van der Waals surface area contributed by atoms with Crippen molar-refractivity contribution in [1.82, 2.24) is 0 Å². The highest BCUT2D eigenvalue weighted by atomic mass is 32.2. The number of hydrogen-bond acceptors (Lipinski definition) is 7. The smallest absolute Gasteiger partial charge is 0.153 e. The average molecular weight is 465 g/mol. The molecule has 2 aromatic rings. The molecule has 31 heavy (non-hydrogen) atoms. The molecule has 170 valence electrons. The zero-order valence-electron chi connectivity index (χ0n) is 18.2. The molecule has 0 aliphatic carbocycles. The minimum Gasteiger partial charge on any atom is -0.399 e. The van der Waals surface area contributed by atoms with Gasteiger partial charge in [-0.3, -0.25) is 4.21 Å². The van der Waals surface area contributed by atoms with Crippen LogP contribution in [-0.4, -0.2) is 61.8 Å². The predicted molar refractivity (Wildman–Crippen MR) is 132 cm³/mol. The number of sulfone groups is 1. The van der Waals surface area contributed by atoms with Gasteiger partial charge in [-0.25, -0.2) is 8.42 Å². The zero-order chi connectivity index (χ0) is 22.6. The predicted octanol–water partition coefficient (Wildman–Crippen LogP) is 1.96. The van der Waals surface area contributed by atoms with E-state index in [0.717, 1.165) is 52.8 Å². The standard InChI is InChI=1S/C11H16N2O2S.C11H16N2OS/c1-9-8-10(2-3-11(9)12)13-4-6-16(14,15)7-5-13;1-9-8-10(2-3-11(9)12)13-4-6-15(14)7-5-13/h2-3,8H,4-7,12H2,1H3;2-3,8H,4-7,12H2,1H3. The third kappa shape index (κ3) is 6.36. The van der Waals surface area contributed by atoms with Crippen molar-refractivity contribution >= 4 is 43.4 Å². The fourth-order valence-electron chi connectivity index (χ4n) is 3.58. The van der Waals surface area contributed by atoms with Crippen molar-refractivity contribution in [2.75, 3.05) is 70.5 Å². The van der Waals surface area contributed by atoms with Crippen molar-refractivity contribution in [3.05, 3.63) is 47.5 Å². The minimum absolute atomic E-state index is 0.246. The van der Waals surface area contributed by atoms with Crippen molar-refractivity contribution in [1.29, 1.82) is 0 Å². The van der Waals surface area contributed by atoms with Crippen LogP contribution in [-0.2, 0) is 20.6 Å². The molecule has 2 fully saturated rings. The number of nitrogen functional groups attached to an aromatic ring is 2. The van der Waals surface area contributed by atoms with Gasteiger partial charge < -0.3 is 21.3 Å². The fourth-order valence-corrected chi connectivity index (χ4v) is 5.83. The Morgan fingerprint density at radius 2 is 1.19 bits per heavy atom. The van der Waals surface area contributed by atoms with Gasteiger partial charge in [0, 0.05) is 71.2 Å². The van der Waals surface area contributed by atoms with E-state index in [1.165, 1.54) is 5.69 Å². The summed E-state index contributed by atoms with van der Waals surface area (Å²) in [5, 5.41) is 0. The minimum atomic E-state index is -2.81. The van der Waals surface area contributed by atoms with Crippen molar-refractivity contribution in [2.24, 2.45) is 0 Å². The third-order valence-corrected chi connectivity index (χ3v) is 8.64. The first-order valence-electron chi connectivity index (χ1n) is 10.4. The number of aryl methyl sites for hydroxylation is 2. The molecular formula is C22H32N4O3S2. The Morgan fingerprint density at radius 3 is 1.61 bits per heavy atom. The number of anilines is 4. The lowest BCUT2D eigenvalue weighted by atomic mass is 10.1. The van der Waals surface area contributed by atoms with Crippen LogP contribution in [0.15, 0.2) is 36.4 Å². The Hall–Kier alpha value is -2.26. The second-order valence-electron chi connectivity index (χ2n) is 8.06. The molecule has 0 unspecified atom stereocenters. The molecule has 9 heteroatoms. The summed E-state index contributed by atoms with van der Waals surface area (Å²) in [6.07, 6.45) is 0. The van der Waals surface area contributed by atoms with Crippen molar-refractivity contribution in [3.63, 3.8) is 0 Å². The van der Waals surface area contributed by atoms with Gasteiger partial charge in [0.2, 0.25) is 0 Å². The summed E-state index contributed by atoms with van der Waals surface area (Å²) in [6, 6.07) is 11.9. The molecule has 2 heterocycles. The van der Waals surface area contributed by atoms with E-state index < -0.39 is 20.6 Å². The molecule has 2 aliphatic heterocycles. The molecule has 4 N–H and O–H groups in total. The monoisotopic (exact) mass is 464 g/mol. The largest absolute Gasteiger partial charge is 0.399 e. The maximum atomic E-state index is 11.3. The van der Waals surface area contributed by atoms with Crippen LogP contribution >= 0.6 is 0 Å². The molecule has 0 radical (unpaired) electrons. The highest BCUT2D eigenvalue weighted by Gasteiger charge is 2.21. The number of nitrogens with zero attached hydrogens (tertiary/aromatic N) is 2. The van der Waals surface area contributed by atoms with E-state index >= 15 is 0 Å². The molecule has 0 spiro atoms. The zero-order valence-corrected chi connectivity index (χ0v) is 19.8. The number of hydrogen-bond donors (Lipinski definition) is 2. The van der Waals surface area contributed by atoms with Gasteiger partial charge in [0.1, 0.15) is 0 Å². The molecule has 2 aromatic carbocycles. The molecule has 4 rings (SSSR count). The number of rotatable bonds is 2. The summed E-state index contributed by atoms with van der Waals surface area (Å²) in [5.74, 6) is 2.06. The Morgan fingerprint density at radius 1 is 0.774 bits per heavy atom. The van der Waals surface area contributed by atoms with Gasteiger partial charge in [0.05, 0.1) is 11.5 Å². The summed E-state index contributed by atoms with van der Waals surface area (Å²) >= 11 is 0. The molecule has 2 saturated heterocycles. The number of benzene rings is 2. The average Bonchev–Trinajstić information content (AvgIpc) is 2.73. The first-order chi connectivity index (χ1) is 14.6. The summed E-state index contributed by atoms with van der Waals surface area (Å²) in [7, 11) is -3.42. The van der Waals surface area contributed by atoms with E-state index in [1.807, 2.05) is 44.2 Å². The van der Waals surface area contributed by atoms with E-state index in [1.54, 1.807) is 0 Å². The lowest BCUT2D eigenvalue weighted by molar-refractivity contribution is 0.587. The van der Waals surface area contributed by atoms with Crippen LogP contribution in [0.2, 0.25) is 0 Å². The Bertz CT molecular complexity index is 1030. The molecular weight excluding hydrogens is 432 g/mol. The van der Waals surface area contributed by atoms with E-state index in [2.05, 4.69) is 15.9 Å². The van der Waals surface area contributed by atoms with Crippen molar-refractivity contribution in [2.45, 2.75) is 13.8 Å². The maximum absolute atomic E-state index is 11.3. The fraction of sp³-hybridized carbons (Fsp3) is 0.455. The lowest BCUT2D eigenvalue weighted by Crippen LogP contribution is -2.40. The van der Waals surface area contributed by atoms with Crippen molar-refractivity contribution < 1.29 is 12.6 Å². The van der Waals surface area contributed by atoms with Gasteiger partial charge in [0.25, 0.3) is 0 Å². The van der Waals surface area contributed by atoms with Crippen LogP contribution in [0.4, 0.5) is 22.7 Å². The summed E-state index contributed by atoms with van der Waals surface area (Å²) in [4.78, 5) is 4.36.